The molecule has 3 N–H and O–H groups in total. The Bertz CT molecular complexity index is 387. The molecule has 0 radical (unpaired) electrons. The molecule has 0 aromatic carbocycles. The van der Waals surface area contributed by atoms with Gasteiger partial charge in [0.25, 0.3) is 5.91 Å². The van der Waals surface area contributed by atoms with Crippen LogP contribution in [0.4, 0.5) is 0 Å². The fourth-order valence-corrected chi connectivity index (χ4v) is 2.63. The quantitative estimate of drug-likeness (QED) is 0.836. The average molecular weight is 236 g/mol. The van der Waals surface area contributed by atoms with Gasteiger partial charge in [0.05, 0.1) is 11.8 Å². The van der Waals surface area contributed by atoms with Crippen molar-refractivity contribution < 1.29 is 9.21 Å². The number of hydrogen-bond acceptors (Lipinski definition) is 3. The molecule has 2 unspecified atom stereocenters. The first kappa shape index (κ1) is 12.2. The summed E-state index contributed by atoms with van der Waals surface area (Å²) in [6.07, 6.45) is 5.14. The van der Waals surface area contributed by atoms with Crippen molar-refractivity contribution in [1.29, 1.82) is 0 Å². The number of carbonyl (C=O) groups is 1. The van der Waals surface area contributed by atoms with Gasteiger partial charge in [-0.05, 0) is 44.2 Å². The molecule has 1 aliphatic carbocycles. The maximum Gasteiger partial charge on any atom is 0.254 e. The van der Waals surface area contributed by atoms with E-state index in [1.54, 1.807) is 19.3 Å². The lowest BCUT2D eigenvalue weighted by Gasteiger charge is -2.18. The normalized spacial score (nSPS) is 23.9. The second kappa shape index (κ2) is 5.36. The first-order chi connectivity index (χ1) is 8.22. The predicted molar refractivity (Wildman–Crippen MR) is 65.7 cm³/mol. The van der Waals surface area contributed by atoms with Gasteiger partial charge in [-0.3, -0.25) is 4.79 Å². The van der Waals surface area contributed by atoms with Crippen molar-refractivity contribution in [2.24, 2.45) is 17.6 Å². The zero-order chi connectivity index (χ0) is 12.3. The van der Waals surface area contributed by atoms with Gasteiger partial charge in [0.2, 0.25) is 0 Å². The van der Waals surface area contributed by atoms with E-state index < -0.39 is 0 Å². The van der Waals surface area contributed by atoms with E-state index in [0.29, 0.717) is 23.2 Å². The maximum atomic E-state index is 11.9. The Balaban J connectivity index is 1.86. The van der Waals surface area contributed by atoms with E-state index in [-0.39, 0.29) is 5.91 Å². The summed E-state index contributed by atoms with van der Waals surface area (Å²) in [5.41, 5.74) is 6.35. The first-order valence-electron chi connectivity index (χ1n) is 6.24. The SMILES string of the molecule is Cc1occc1C(=O)NCC1CCCC1CN. The van der Waals surface area contributed by atoms with E-state index in [1.807, 2.05) is 0 Å². The monoisotopic (exact) mass is 236 g/mol. The van der Waals surface area contributed by atoms with Crippen molar-refractivity contribution in [2.45, 2.75) is 26.2 Å². The number of hydrogen-bond donors (Lipinski definition) is 2. The van der Waals surface area contributed by atoms with E-state index >= 15 is 0 Å². The molecule has 0 aliphatic heterocycles. The minimum Gasteiger partial charge on any atom is -0.469 e. The summed E-state index contributed by atoms with van der Waals surface area (Å²) in [6, 6.07) is 1.71. The number of rotatable bonds is 4. The molecule has 0 bridgehead atoms. The molecule has 1 heterocycles. The Morgan fingerprint density at radius 3 is 2.94 bits per heavy atom. The Kier molecular flexibility index (Phi) is 3.84. The molecule has 1 fully saturated rings. The standard InChI is InChI=1S/C13H20N2O2/c1-9-12(5-6-17-9)13(16)15-8-11-4-2-3-10(11)7-14/h5-6,10-11H,2-4,7-8,14H2,1H3,(H,15,16). The predicted octanol–water partition coefficient (Wildman–Crippen LogP) is 1.69. The summed E-state index contributed by atoms with van der Waals surface area (Å²) in [5, 5.41) is 2.98. The molecule has 1 aromatic heterocycles. The van der Waals surface area contributed by atoms with Gasteiger partial charge in [0, 0.05) is 6.54 Å². The zero-order valence-corrected chi connectivity index (χ0v) is 10.2. The number of furan rings is 1. The van der Waals surface area contributed by atoms with Gasteiger partial charge >= 0.3 is 0 Å². The van der Waals surface area contributed by atoms with Gasteiger partial charge in [0.1, 0.15) is 5.76 Å². The summed E-state index contributed by atoms with van der Waals surface area (Å²) in [5.74, 6) is 1.74. The van der Waals surface area contributed by atoms with Crippen LogP contribution in [0.3, 0.4) is 0 Å². The van der Waals surface area contributed by atoms with E-state index in [4.69, 9.17) is 10.2 Å². The van der Waals surface area contributed by atoms with E-state index in [0.717, 1.165) is 13.1 Å². The fraction of sp³-hybridized carbons (Fsp3) is 0.615. The van der Waals surface area contributed by atoms with E-state index in [1.165, 1.54) is 19.3 Å². The van der Waals surface area contributed by atoms with Gasteiger partial charge in [-0.1, -0.05) is 6.42 Å². The fourth-order valence-electron chi connectivity index (χ4n) is 2.63. The highest BCUT2D eigenvalue weighted by Crippen LogP contribution is 2.30. The molecule has 94 valence electrons. The lowest BCUT2D eigenvalue weighted by molar-refractivity contribution is 0.0942. The van der Waals surface area contributed by atoms with Gasteiger partial charge < -0.3 is 15.5 Å². The first-order valence-corrected chi connectivity index (χ1v) is 6.24. The van der Waals surface area contributed by atoms with Gasteiger partial charge in [0.15, 0.2) is 0 Å². The average Bonchev–Trinajstić information content (AvgIpc) is 2.94. The lowest BCUT2D eigenvalue weighted by atomic mass is 9.96. The van der Waals surface area contributed by atoms with Crippen LogP contribution in [0.5, 0.6) is 0 Å². The number of amides is 1. The molecule has 1 aliphatic rings. The molecule has 0 saturated heterocycles. The third-order valence-corrected chi connectivity index (χ3v) is 3.75. The highest BCUT2D eigenvalue weighted by molar-refractivity contribution is 5.95. The van der Waals surface area contributed by atoms with Crippen LogP contribution in [-0.4, -0.2) is 19.0 Å². The van der Waals surface area contributed by atoms with Crippen molar-refractivity contribution in [2.75, 3.05) is 13.1 Å². The highest BCUT2D eigenvalue weighted by Gasteiger charge is 2.26. The maximum absolute atomic E-state index is 11.9. The zero-order valence-electron chi connectivity index (χ0n) is 10.2. The van der Waals surface area contributed by atoms with Crippen LogP contribution in [0.15, 0.2) is 16.7 Å². The molecule has 4 nitrogen and oxygen atoms in total. The molecular weight excluding hydrogens is 216 g/mol. The van der Waals surface area contributed by atoms with Crippen LogP contribution in [0.1, 0.15) is 35.4 Å². The van der Waals surface area contributed by atoms with Crippen LogP contribution in [0, 0.1) is 18.8 Å². The van der Waals surface area contributed by atoms with Crippen molar-refractivity contribution in [3.63, 3.8) is 0 Å². The summed E-state index contributed by atoms with van der Waals surface area (Å²) in [4.78, 5) is 11.9. The number of carbonyl (C=O) groups excluding carboxylic acids is 1. The summed E-state index contributed by atoms with van der Waals surface area (Å²) >= 11 is 0. The van der Waals surface area contributed by atoms with Crippen LogP contribution < -0.4 is 11.1 Å². The Morgan fingerprint density at radius 2 is 2.29 bits per heavy atom. The van der Waals surface area contributed by atoms with Crippen molar-refractivity contribution in [3.8, 4) is 0 Å². The molecule has 4 heteroatoms. The minimum absolute atomic E-state index is 0.0427. The second-order valence-corrected chi connectivity index (χ2v) is 4.79. The van der Waals surface area contributed by atoms with Crippen LogP contribution in [0.2, 0.25) is 0 Å². The third kappa shape index (κ3) is 2.69. The Morgan fingerprint density at radius 1 is 1.53 bits per heavy atom. The van der Waals surface area contributed by atoms with Crippen molar-refractivity contribution in [3.05, 3.63) is 23.7 Å². The molecule has 17 heavy (non-hydrogen) atoms. The molecule has 1 aromatic rings. The van der Waals surface area contributed by atoms with Gasteiger partial charge in [-0.15, -0.1) is 0 Å². The van der Waals surface area contributed by atoms with Crippen LogP contribution in [-0.2, 0) is 0 Å². The number of nitrogens with two attached hydrogens (primary N) is 1. The van der Waals surface area contributed by atoms with Crippen LogP contribution in [0.25, 0.3) is 0 Å². The van der Waals surface area contributed by atoms with Crippen molar-refractivity contribution >= 4 is 5.91 Å². The van der Waals surface area contributed by atoms with Crippen molar-refractivity contribution in [1.82, 2.24) is 5.32 Å². The largest absolute Gasteiger partial charge is 0.469 e. The summed E-state index contributed by atoms with van der Waals surface area (Å²) in [7, 11) is 0. The lowest BCUT2D eigenvalue weighted by Crippen LogP contribution is -2.32. The second-order valence-electron chi connectivity index (χ2n) is 4.79. The Hall–Kier alpha value is -1.29. The smallest absolute Gasteiger partial charge is 0.254 e. The molecule has 2 atom stereocenters. The topological polar surface area (TPSA) is 68.3 Å². The molecule has 2 rings (SSSR count). The summed E-state index contributed by atoms with van der Waals surface area (Å²) in [6.45, 7) is 3.25. The third-order valence-electron chi connectivity index (χ3n) is 3.75. The molecule has 0 spiro atoms. The molecule has 1 saturated carbocycles. The van der Waals surface area contributed by atoms with Crippen LogP contribution >= 0.6 is 0 Å². The minimum atomic E-state index is -0.0427. The van der Waals surface area contributed by atoms with E-state index in [9.17, 15) is 4.79 Å². The number of nitrogens with one attached hydrogen (secondary N) is 1. The molecular formula is C13H20N2O2. The van der Waals surface area contributed by atoms with Gasteiger partial charge in [-0.25, -0.2) is 0 Å². The summed E-state index contributed by atoms with van der Waals surface area (Å²) < 4.78 is 5.12. The molecule has 1 amide bonds. The number of aryl methyl sites for hydroxylation is 1. The van der Waals surface area contributed by atoms with Gasteiger partial charge in [-0.2, -0.15) is 0 Å². The Labute approximate surface area is 102 Å². The highest BCUT2D eigenvalue weighted by atomic mass is 16.3. The van der Waals surface area contributed by atoms with E-state index in [2.05, 4.69) is 5.32 Å².